The van der Waals surface area contributed by atoms with Gasteiger partial charge in [-0.2, -0.15) is 0 Å². The highest BCUT2D eigenvalue weighted by molar-refractivity contribution is 6.35. The van der Waals surface area contributed by atoms with Crippen molar-refractivity contribution < 1.29 is 14.3 Å². The number of ketones is 1. The predicted octanol–water partition coefficient (Wildman–Crippen LogP) is 1.56. The summed E-state index contributed by atoms with van der Waals surface area (Å²) in [6.45, 7) is 5.70. The maximum Gasteiger partial charge on any atom is 0.287 e. The van der Waals surface area contributed by atoms with Crippen LogP contribution in [-0.2, 0) is 16.0 Å². The molecule has 0 saturated heterocycles. The van der Waals surface area contributed by atoms with Crippen LogP contribution in [0.5, 0.6) is 5.75 Å². The summed E-state index contributed by atoms with van der Waals surface area (Å²) in [6, 6.07) is 4.07. The van der Waals surface area contributed by atoms with Crippen LogP contribution in [0.4, 0.5) is 0 Å². The Morgan fingerprint density at radius 2 is 1.78 bits per heavy atom. The van der Waals surface area contributed by atoms with E-state index >= 15 is 0 Å². The molecule has 0 aliphatic carbocycles. The van der Waals surface area contributed by atoms with Gasteiger partial charge in [0.15, 0.2) is 0 Å². The van der Waals surface area contributed by atoms with Crippen molar-refractivity contribution in [1.82, 2.24) is 5.32 Å². The van der Waals surface area contributed by atoms with E-state index in [1.807, 2.05) is 26.0 Å². The van der Waals surface area contributed by atoms with Crippen molar-refractivity contribution in [3.8, 4) is 5.75 Å². The van der Waals surface area contributed by atoms with Crippen molar-refractivity contribution in [1.29, 1.82) is 0 Å². The van der Waals surface area contributed by atoms with Gasteiger partial charge in [-0.3, -0.25) is 9.59 Å². The van der Waals surface area contributed by atoms with E-state index in [4.69, 9.17) is 4.74 Å². The molecule has 0 aliphatic rings. The van der Waals surface area contributed by atoms with Crippen LogP contribution in [0.2, 0.25) is 0 Å². The molecule has 0 unspecified atom stereocenters. The van der Waals surface area contributed by atoms with Gasteiger partial charge in [-0.25, -0.2) is 0 Å². The van der Waals surface area contributed by atoms with Gasteiger partial charge in [-0.15, -0.1) is 0 Å². The normalized spacial score (nSPS) is 10.0. The minimum Gasteiger partial charge on any atom is -0.496 e. The van der Waals surface area contributed by atoms with Crippen molar-refractivity contribution >= 4 is 11.7 Å². The first kappa shape index (κ1) is 14.2. The van der Waals surface area contributed by atoms with E-state index in [9.17, 15) is 9.59 Å². The van der Waals surface area contributed by atoms with E-state index in [1.165, 1.54) is 6.92 Å². The highest BCUT2D eigenvalue weighted by atomic mass is 16.5. The number of ether oxygens (including phenoxy) is 1. The molecular formula is C14H19NO3. The van der Waals surface area contributed by atoms with Gasteiger partial charge in [0.1, 0.15) is 5.75 Å². The highest BCUT2D eigenvalue weighted by Gasteiger charge is 2.08. The van der Waals surface area contributed by atoms with Crippen LogP contribution in [0.3, 0.4) is 0 Å². The third-order valence-corrected chi connectivity index (χ3v) is 2.74. The molecule has 4 nitrogen and oxygen atoms in total. The topological polar surface area (TPSA) is 55.4 Å². The molecule has 0 fully saturated rings. The molecule has 1 amide bonds. The van der Waals surface area contributed by atoms with Crippen molar-refractivity contribution in [2.24, 2.45) is 0 Å². The first-order chi connectivity index (χ1) is 8.45. The number of methoxy groups -OCH3 is 1. The summed E-state index contributed by atoms with van der Waals surface area (Å²) in [4.78, 5) is 21.8. The van der Waals surface area contributed by atoms with Gasteiger partial charge < -0.3 is 10.1 Å². The fourth-order valence-electron chi connectivity index (χ4n) is 1.95. The van der Waals surface area contributed by atoms with Crippen molar-refractivity contribution in [3.05, 3.63) is 28.8 Å². The lowest BCUT2D eigenvalue weighted by Crippen LogP contribution is -2.30. The van der Waals surface area contributed by atoms with Crippen LogP contribution in [0.1, 0.15) is 23.6 Å². The highest BCUT2D eigenvalue weighted by Crippen LogP contribution is 2.24. The van der Waals surface area contributed by atoms with E-state index in [0.717, 1.165) is 22.4 Å². The summed E-state index contributed by atoms with van der Waals surface area (Å²) < 4.78 is 5.29. The summed E-state index contributed by atoms with van der Waals surface area (Å²) in [5.41, 5.74) is 3.27. The van der Waals surface area contributed by atoms with Crippen LogP contribution in [0.15, 0.2) is 12.1 Å². The number of benzene rings is 1. The van der Waals surface area contributed by atoms with Gasteiger partial charge in [0.05, 0.1) is 7.11 Å². The first-order valence-electron chi connectivity index (χ1n) is 5.88. The molecule has 1 N–H and O–H groups in total. The Labute approximate surface area is 107 Å². The van der Waals surface area contributed by atoms with Gasteiger partial charge in [-0.05, 0) is 37.0 Å². The Morgan fingerprint density at radius 3 is 2.22 bits per heavy atom. The molecular weight excluding hydrogens is 230 g/mol. The Morgan fingerprint density at radius 1 is 1.22 bits per heavy atom. The molecule has 18 heavy (non-hydrogen) atoms. The summed E-state index contributed by atoms with van der Waals surface area (Å²) in [5, 5.41) is 2.58. The van der Waals surface area contributed by atoms with Crippen LogP contribution < -0.4 is 10.1 Å². The number of hydrogen-bond acceptors (Lipinski definition) is 3. The lowest BCUT2D eigenvalue weighted by molar-refractivity contribution is -0.136. The number of nitrogens with one attached hydrogen (secondary N) is 1. The molecule has 4 heteroatoms. The monoisotopic (exact) mass is 249 g/mol. The molecule has 0 spiro atoms. The van der Waals surface area contributed by atoms with Gasteiger partial charge >= 0.3 is 0 Å². The minimum absolute atomic E-state index is 0.461. The molecule has 98 valence electrons. The third kappa shape index (κ3) is 3.58. The fourth-order valence-corrected chi connectivity index (χ4v) is 1.95. The number of Topliss-reactive ketones (excluding diaryl/α,β-unsaturated/α-hetero) is 1. The number of carbonyl (C=O) groups is 2. The maximum atomic E-state index is 11.1. The largest absolute Gasteiger partial charge is 0.496 e. The Balaban J connectivity index is 2.64. The molecule has 0 bridgehead atoms. The fraction of sp³-hybridized carbons (Fsp3) is 0.429. The first-order valence-corrected chi connectivity index (χ1v) is 5.88. The van der Waals surface area contributed by atoms with Gasteiger partial charge in [0.25, 0.3) is 5.91 Å². The number of carbonyl (C=O) groups excluding carboxylic acids is 2. The second-order valence-corrected chi connectivity index (χ2v) is 4.32. The standard InChI is InChI=1S/C14H19NO3/c1-9-7-12(8-10(2)13(9)18-4)5-6-15-14(17)11(3)16/h7-8H,5-6H2,1-4H3,(H,15,17). The van der Waals surface area contributed by atoms with Crippen LogP contribution in [0.25, 0.3) is 0 Å². The second kappa shape index (κ2) is 6.19. The third-order valence-electron chi connectivity index (χ3n) is 2.74. The zero-order valence-corrected chi connectivity index (χ0v) is 11.3. The molecule has 1 rings (SSSR count). The summed E-state index contributed by atoms with van der Waals surface area (Å²) in [5.74, 6) is -0.0967. The van der Waals surface area contributed by atoms with E-state index in [0.29, 0.717) is 13.0 Å². The lowest BCUT2D eigenvalue weighted by atomic mass is 10.0. The summed E-state index contributed by atoms with van der Waals surface area (Å²) in [7, 11) is 1.65. The molecule has 0 heterocycles. The number of aryl methyl sites for hydroxylation is 2. The molecule has 0 radical (unpaired) electrons. The SMILES string of the molecule is COc1c(C)cc(CCNC(=O)C(C)=O)cc1C. The van der Waals surface area contributed by atoms with E-state index < -0.39 is 11.7 Å². The van der Waals surface area contributed by atoms with E-state index in [1.54, 1.807) is 7.11 Å². The molecule has 1 aromatic rings. The second-order valence-electron chi connectivity index (χ2n) is 4.32. The smallest absolute Gasteiger partial charge is 0.287 e. The zero-order valence-electron chi connectivity index (χ0n) is 11.3. The van der Waals surface area contributed by atoms with Crippen molar-refractivity contribution in [2.45, 2.75) is 27.2 Å². The Kier molecular flexibility index (Phi) is 4.89. The molecule has 0 atom stereocenters. The quantitative estimate of drug-likeness (QED) is 0.806. The van der Waals surface area contributed by atoms with Crippen molar-refractivity contribution in [2.75, 3.05) is 13.7 Å². The van der Waals surface area contributed by atoms with Crippen molar-refractivity contribution in [3.63, 3.8) is 0 Å². The summed E-state index contributed by atoms with van der Waals surface area (Å²) in [6.07, 6.45) is 0.699. The van der Waals surface area contributed by atoms with Crippen LogP contribution >= 0.6 is 0 Å². The number of rotatable bonds is 5. The number of hydrogen-bond donors (Lipinski definition) is 1. The van der Waals surface area contributed by atoms with E-state index in [-0.39, 0.29) is 0 Å². The van der Waals surface area contributed by atoms with Gasteiger partial charge in [-0.1, -0.05) is 12.1 Å². The average Bonchev–Trinajstić information content (AvgIpc) is 2.28. The number of amides is 1. The lowest BCUT2D eigenvalue weighted by Gasteiger charge is -2.11. The zero-order chi connectivity index (χ0) is 13.7. The molecule has 1 aromatic carbocycles. The van der Waals surface area contributed by atoms with Crippen LogP contribution in [0, 0.1) is 13.8 Å². The van der Waals surface area contributed by atoms with Crippen LogP contribution in [-0.4, -0.2) is 25.3 Å². The summed E-state index contributed by atoms with van der Waals surface area (Å²) >= 11 is 0. The molecule has 0 aromatic heterocycles. The molecule has 0 aliphatic heterocycles. The average molecular weight is 249 g/mol. The maximum absolute atomic E-state index is 11.1. The Bertz CT molecular complexity index is 443. The van der Waals surface area contributed by atoms with E-state index in [2.05, 4.69) is 5.32 Å². The van der Waals surface area contributed by atoms with Gasteiger partial charge in [0.2, 0.25) is 5.78 Å². The van der Waals surface area contributed by atoms with Gasteiger partial charge in [0, 0.05) is 13.5 Å². The Hall–Kier alpha value is -1.84. The minimum atomic E-state index is -0.531. The predicted molar refractivity (Wildman–Crippen MR) is 69.9 cm³/mol. The molecule has 0 saturated carbocycles.